The highest BCUT2D eigenvalue weighted by molar-refractivity contribution is 7.13. The highest BCUT2D eigenvalue weighted by Crippen LogP contribution is 2.16. The number of hydrogen-bond donors (Lipinski definition) is 2. The van der Waals surface area contributed by atoms with Crippen LogP contribution in [0.1, 0.15) is 16.1 Å². The first kappa shape index (κ1) is 20.5. The molecule has 0 saturated carbocycles. The molecule has 0 radical (unpaired) electrons. The summed E-state index contributed by atoms with van der Waals surface area (Å²) in [6, 6.07) is 5.02. The van der Waals surface area contributed by atoms with Crippen molar-refractivity contribution in [2.24, 2.45) is 0 Å². The summed E-state index contributed by atoms with van der Waals surface area (Å²) < 4.78 is 18.0. The van der Waals surface area contributed by atoms with Gasteiger partial charge in [-0.25, -0.2) is 9.37 Å². The number of methoxy groups -OCH3 is 1. The van der Waals surface area contributed by atoms with E-state index >= 15 is 0 Å². The SMILES string of the molecule is COCCN(CC(=O)Nc1nc(CC(=O)O)cs1)C(=O)c1ccc(F)cc1. The molecule has 8 nitrogen and oxygen atoms in total. The second-order valence-electron chi connectivity index (χ2n) is 5.49. The Labute approximate surface area is 158 Å². The van der Waals surface area contributed by atoms with Crippen molar-refractivity contribution < 1.29 is 28.6 Å². The number of benzene rings is 1. The van der Waals surface area contributed by atoms with Crippen LogP contribution in [0.15, 0.2) is 29.6 Å². The minimum absolute atomic E-state index is 0.169. The van der Waals surface area contributed by atoms with Gasteiger partial charge in [-0.15, -0.1) is 11.3 Å². The first-order valence-electron chi connectivity index (χ1n) is 7.89. The van der Waals surface area contributed by atoms with E-state index in [9.17, 15) is 18.8 Å². The molecule has 2 amide bonds. The van der Waals surface area contributed by atoms with E-state index in [2.05, 4.69) is 10.3 Å². The van der Waals surface area contributed by atoms with Crippen LogP contribution in [0.3, 0.4) is 0 Å². The van der Waals surface area contributed by atoms with Crippen molar-refractivity contribution in [2.75, 3.05) is 32.1 Å². The van der Waals surface area contributed by atoms with Crippen LogP contribution in [-0.4, -0.2) is 59.6 Å². The second kappa shape index (κ2) is 9.74. The van der Waals surface area contributed by atoms with Crippen molar-refractivity contribution >= 4 is 34.3 Å². The van der Waals surface area contributed by atoms with E-state index in [1.54, 1.807) is 0 Å². The smallest absolute Gasteiger partial charge is 0.309 e. The molecule has 0 unspecified atom stereocenters. The number of nitrogens with zero attached hydrogens (tertiary/aromatic N) is 2. The second-order valence-corrected chi connectivity index (χ2v) is 6.35. The molecular formula is C17H18FN3O5S. The number of aromatic nitrogens is 1. The molecule has 144 valence electrons. The third-order valence-corrected chi connectivity index (χ3v) is 4.22. The quantitative estimate of drug-likeness (QED) is 0.668. The predicted molar refractivity (Wildman–Crippen MR) is 96.3 cm³/mol. The van der Waals surface area contributed by atoms with Gasteiger partial charge in [0.1, 0.15) is 12.4 Å². The Bertz CT molecular complexity index is 809. The van der Waals surface area contributed by atoms with Gasteiger partial charge in [-0.2, -0.15) is 0 Å². The zero-order valence-corrected chi connectivity index (χ0v) is 15.3. The molecule has 1 aromatic heterocycles. The third-order valence-electron chi connectivity index (χ3n) is 3.41. The van der Waals surface area contributed by atoms with E-state index in [-0.39, 0.29) is 36.8 Å². The minimum Gasteiger partial charge on any atom is -0.481 e. The zero-order valence-electron chi connectivity index (χ0n) is 14.5. The number of hydrogen-bond acceptors (Lipinski definition) is 6. The zero-order chi connectivity index (χ0) is 19.8. The molecule has 0 saturated heterocycles. The fraction of sp³-hybridized carbons (Fsp3) is 0.294. The maximum Gasteiger partial charge on any atom is 0.309 e. The van der Waals surface area contributed by atoms with Crippen molar-refractivity contribution in [3.8, 4) is 0 Å². The number of carbonyl (C=O) groups excluding carboxylic acids is 2. The summed E-state index contributed by atoms with van der Waals surface area (Å²) in [7, 11) is 1.47. The Kier molecular flexibility index (Phi) is 7.38. The molecule has 2 rings (SSSR count). The van der Waals surface area contributed by atoms with Gasteiger partial charge in [0.15, 0.2) is 5.13 Å². The monoisotopic (exact) mass is 395 g/mol. The fourth-order valence-corrected chi connectivity index (χ4v) is 2.89. The molecule has 0 fully saturated rings. The molecule has 0 aliphatic rings. The molecule has 0 atom stereocenters. The highest BCUT2D eigenvalue weighted by atomic mass is 32.1. The summed E-state index contributed by atoms with van der Waals surface area (Å²) in [4.78, 5) is 40.8. The average molecular weight is 395 g/mol. The Balaban J connectivity index is 2.02. The van der Waals surface area contributed by atoms with Crippen LogP contribution in [0.5, 0.6) is 0 Å². The van der Waals surface area contributed by atoms with Crippen LogP contribution >= 0.6 is 11.3 Å². The largest absolute Gasteiger partial charge is 0.481 e. The Morgan fingerprint density at radius 2 is 2.00 bits per heavy atom. The summed E-state index contributed by atoms with van der Waals surface area (Å²) in [5.74, 6) is -2.41. The lowest BCUT2D eigenvalue weighted by Gasteiger charge is -2.21. The van der Waals surface area contributed by atoms with E-state index in [1.165, 1.54) is 41.7 Å². The number of ether oxygens (including phenoxy) is 1. The number of carboxylic acid groups (broad SMARTS) is 1. The summed E-state index contributed by atoms with van der Waals surface area (Å²) in [6.07, 6.45) is -0.241. The molecule has 1 aromatic carbocycles. The molecule has 10 heteroatoms. The van der Waals surface area contributed by atoms with Crippen molar-refractivity contribution in [3.05, 3.63) is 46.7 Å². The number of nitrogens with one attached hydrogen (secondary N) is 1. The van der Waals surface area contributed by atoms with E-state index in [0.717, 1.165) is 11.3 Å². The van der Waals surface area contributed by atoms with Crippen molar-refractivity contribution in [1.82, 2.24) is 9.88 Å². The Hall–Kier alpha value is -2.85. The van der Waals surface area contributed by atoms with Crippen molar-refractivity contribution in [3.63, 3.8) is 0 Å². The van der Waals surface area contributed by atoms with Gasteiger partial charge in [0.25, 0.3) is 5.91 Å². The van der Waals surface area contributed by atoms with E-state index in [1.807, 2.05) is 0 Å². The topological polar surface area (TPSA) is 109 Å². The van der Waals surface area contributed by atoms with E-state index in [0.29, 0.717) is 5.69 Å². The molecule has 0 bridgehead atoms. The average Bonchev–Trinajstić information content (AvgIpc) is 3.04. The van der Waals surface area contributed by atoms with Crippen molar-refractivity contribution in [2.45, 2.75) is 6.42 Å². The number of anilines is 1. The van der Waals surface area contributed by atoms with Crippen LogP contribution < -0.4 is 5.32 Å². The Morgan fingerprint density at radius 3 is 2.63 bits per heavy atom. The van der Waals surface area contributed by atoms with Gasteiger partial charge in [-0.3, -0.25) is 14.4 Å². The summed E-state index contributed by atoms with van der Waals surface area (Å²) >= 11 is 1.09. The summed E-state index contributed by atoms with van der Waals surface area (Å²) in [5.41, 5.74) is 0.583. The summed E-state index contributed by atoms with van der Waals surface area (Å²) in [6.45, 7) is 0.135. The van der Waals surface area contributed by atoms with Crippen LogP contribution in [-0.2, 0) is 20.7 Å². The van der Waals surface area contributed by atoms with Gasteiger partial charge in [0, 0.05) is 24.6 Å². The molecule has 1 heterocycles. The number of carboxylic acids is 1. The standard InChI is InChI=1S/C17H18FN3O5S/c1-26-7-6-21(16(25)11-2-4-12(18)5-3-11)9-14(22)20-17-19-13(10-27-17)8-15(23)24/h2-5,10H,6-9H2,1H3,(H,23,24)(H,19,20,22). The lowest BCUT2D eigenvalue weighted by atomic mass is 10.2. The maximum atomic E-state index is 13.0. The first-order chi connectivity index (χ1) is 12.9. The normalized spacial score (nSPS) is 10.4. The number of rotatable bonds is 9. The summed E-state index contributed by atoms with van der Waals surface area (Å²) in [5, 5.41) is 13.1. The van der Waals surface area contributed by atoms with Gasteiger partial charge < -0.3 is 20.1 Å². The van der Waals surface area contributed by atoms with Crippen molar-refractivity contribution in [1.29, 1.82) is 0 Å². The molecular weight excluding hydrogens is 377 g/mol. The van der Waals surface area contributed by atoms with Crippen LogP contribution in [0.25, 0.3) is 0 Å². The van der Waals surface area contributed by atoms with Gasteiger partial charge in [0.05, 0.1) is 18.7 Å². The highest BCUT2D eigenvalue weighted by Gasteiger charge is 2.19. The van der Waals surface area contributed by atoms with Crippen LogP contribution in [0, 0.1) is 5.82 Å². The number of aliphatic carboxylic acids is 1. The first-order valence-corrected chi connectivity index (χ1v) is 8.77. The number of halogens is 1. The maximum absolute atomic E-state index is 13.0. The van der Waals surface area contributed by atoms with E-state index in [4.69, 9.17) is 9.84 Å². The van der Waals surface area contributed by atoms with Gasteiger partial charge in [-0.1, -0.05) is 0 Å². The fourth-order valence-electron chi connectivity index (χ4n) is 2.16. The molecule has 27 heavy (non-hydrogen) atoms. The molecule has 2 N–H and O–H groups in total. The molecule has 0 spiro atoms. The lowest BCUT2D eigenvalue weighted by molar-refractivity contribution is -0.136. The Morgan fingerprint density at radius 1 is 1.30 bits per heavy atom. The number of carbonyl (C=O) groups is 3. The third kappa shape index (κ3) is 6.42. The number of amides is 2. The predicted octanol–water partition coefficient (Wildman–Crippen LogP) is 1.64. The van der Waals surface area contributed by atoms with Gasteiger partial charge in [0.2, 0.25) is 5.91 Å². The minimum atomic E-state index is -1.02. The van der Waals surface area contributed by atoms with E-state index < -0.39 is 23.6 Å². The van der Waals surface area contributed by atoms with Gasteiger partial charge in [-0.05, 0) is 24.3 Å². The molecule has 0 aliphatic carbocycles. The van der Waals surface area contributed by atoms with Crippen LogP contribution in [0.4, 0.5) is 9.52 Å². The molecule has 0 aliphatic heterocycles. The number of thiazole rings is 1. The lowest BCUT2D eigenvalue weighted by Crippen LogP contribution is -2.40. The van der Waals surface area contributed by atoms with Crippen LogP contribution in [0.2, 0.25) is 0 Å². The van der Waals surface area contributed by atoms with Gasteiger partial charge >= 0.3 is 5.97 Å². The molecule has 2 aromatic rings.